The van der Waals surface area contributed by atoms with Crippen molar-refractivity contribution >= 4 is 5.69 Å². The smallest absolute Gasteiger partial charge is 0.0700 e. The van der Waals surface area contributed by atoms with E-state index >= 15 is 0 Å². The van der Waals surface area contributed by atoms with Crippen molar-refractivity contribution in [2.45, 2.75) is 27.3 Å². The summed E-state index contributed by atoms with van der Waals surface area (Å²) < 4.78 is 0. The van der Waals surface area contributed by atoms with Gasteiger partial charge in [-0.05, 0) is 43.5 Å². The highest BCUT2D eigenvalue weighted by Gasteiger charge is 2.08. The van der Waals surface area contributed by atoms with Crippen LogP contribution in [-0.4, -0.2) is 10.2 Å². The standard InChI is InChI=1S/C19H21N3/c1-13-5-8-16(9-6-13)19-17(12-21-22-19)11-20-18-10-14(2)4-7-15(18)3/h4-10,12,20H,11H2,1-3H3,(H,21,22). The van der Waals surface area contributed by atoms with Crippen LogP contribution in [0.15, 0.2) is 48.7 Å². The number of benzene rings is 2. The molecule has 0 radical (unpaired) electrons. The molecule has 0 amide bonds. The summed E-state index contributed by atoms with van der Waals surface area (Å²) >= 11 is 0. The molecule has 2 aromatic carbocycles. The predicted molar refractivity (Wildman–Crippen MR) is 92.0 cm³/mol. The van der Waals surface area contributed by atoms with Crippen LogP contribution in [0.4, 0.5) is 5.69 Å². The number of anilines is 1. The first-order valence-corrected chi connectivity index (χ1v) is 7.54. The van der Waals surface area contributed by atoms with Gasteiger partial charge in [-0.1, -0.05) is 42.0 Å². The minimum Gasteiger partial charge on any atom is -0.381 e. The van der Waals surface area contributed by atoms with E-state index in [9.17, 15) is 0 Å². The summed E-state index contributed by atoms with van der Waals surface area (Å²) in [5.74, 6) is 0. The van der Waals surface area contributed by atoms with Crippen LogP contribution in [0.1, 0.15) is 22.3 Å². The van der Waals surface area contributed by atoms with Crippen LogP contribution in [0.3, 0.4) is 0 Å². The van der Waals surface area contributed by atoms with E-state index < -0.39 is 0 Å². The number of H-pyrrole nitrogens is 1. The molecule has 3 rings (SSSR count). The molecule has 0 bridgehead atoms. The molecule has 3 heteroatoms. The van der Waals surface area contributed by atoms with Gasteiger partial charge in [0, 0.05) is 17.8 Å². The van der Waals surface area contributed by atoms with Gasteiger partial charge < -0.3 is 5.32 Å². The number of aromatic amines is 1. The molecule has 0 atom stereocenters. The summed E-state index contributed by atoms with van der Waals surface area (Å²) in [5.41, 5.74) is 8.38. The van der Waals surface area contributed by atoms with Crippen molar-refractivity contribution in [1.29, 1.82) is 0 Å². The average Bonchev–Trinajstić information content (AvgIpc) is 2.97. The highest BCUT2D eigenvalue weighted by molar-refractivity contribution is 5.64. The third kappa shape index (κ3) is 3.03. The molecule has 0 saturated heterocycles. The van der Waals surface area contributed by atoms with Gasteiger partial charge in [-0.15, -0.1) is 0 Å². The number of rotatable bonds is 4. The first kappa shape index (κ1) is 14.4. The zero-order chi connectivity index (χ0) is 15.5. The fraction of sp³-hybridized carbons (Fsp3) is 0.211. The van der Waals surface area contributed by atoms with Gasteiger partial charge in [-0.2, -0.15) is 5.10 Å². The lowest BCUT2D eigenvalue weighted by atomic mass is 10.1. The van der Waals surface area contributed by atoms with Gasteiger partial charge in [0.05, 0.1) is 11.9 Å². The second-order valence-electron chi connectivity index (χ2n) is 5.81. The number of nitrogens with zero attached hydrogens (tertiary/aromatic N) is 1. The van der Waals surface area contributed by atoms with Crippen molar-refractivity contribution in [1.82, 2.24) is 10.2 Å². The maximum atomic E-state index is 4.21. The Hall–Kier alpha value is -2.55. The number of aromatic nitrogens is 2. The minimum atomic E-state index is 0.754. The molecule has 0 unspecified atom stereocenters. The van der Waals surface area contributed by atoms with Crippen molar-refractivity contribution in [2.24, 2.45) is 0 Å². The molecular formula is C19H21N3. The highest BCUT2D eigenvalue weighted by Crippen LogP contribution is 2.23. The van der Waals surface area contributed by atoms with Gasteiger partial charge in [-0.25, -0.2) is 0 Å². The summed E-state index contributed by atoms with van der Waals surface area (Å²) in [6, 6.07) is 15.0. The van der Waals surface area contributed by atoms with Crippen LogP contribution >= 0.6 is 0 Å². The van der Waals surface area contributed by atoms with Gasteiger partial charge in [-0.3, -0.25) is 5.10 Å². The van der Waals surface area contributed by atoms with Crippen LogP contribution < -0.4 is 5.32 Å². The van der Waals surface area contributed by atoms with E-state index in [1.54, 1.807) is 0 Å². The molecule has 0 fully saturated rings. The molecule has 3 aromatic rings. The zero-order valence-corrected chi connectivity index (χ0v) is 13.3. The highest BCUT2D eigenvalue weighted by atomic mass is 15.1. The first-order valence-electron chi connectivity index (χ1n) is 7.54. The molecular weight excluding hydrogens is 270 g/mol. The molecule has 0 aliphatic carbocycles. The van der Waals surface area contributed by atoms with E-state index in [4.69, 9.17) is 0 Å². The largest absolute Gasteiger partial charge is 0.381 e. The number of hydrogen-bond donors (Lipinski definition) is 2. The summed E-state index contributed by atoms with van der Waals surface area (Å²) in [6.07, 6.45) is 1.90. The maximum Gasteiger partial charge on any atom is 0.0700 e. The van der Waals surface area contributed by atoms with Crippen molar-refractivity contribution in [3.05, 3.63) is 70.9 Å². The van der Waals surface area contributed by atoms with Crippen LogP contribution in [0, 0.1) is 20.8 Å². The summed E-state index contributed by atoms with van der Waals surface area (Å²) in [7, 11) is 0. The number of aryl methyl sites for hydroxylation is 3. The molecule has 0 spiro atoms. The lowest BCUT2D eigenvalue weighted by molar-refractivity contribution is 1.09. The van der Waals surface area contributed by atoms with Crippen LogP contribution in [-0.2, 0) is 6.54 Å². The zero-order valence-electron chi connectivity index (χ0n) is 13.3. The molecule has 3 nitrogen and oxygen atoms in total. The van der Waals surface area contributed by atoms with Gasteiger partial charge in [0.15, 0.2) is 0 Å². The van der Waals surface area contributed by atoms with E-state index in [-0.39, 0.29) is 0 Å². The SMILES string of the molecule is Cc1ccc(-c2[nH]ncc2CNc2cc(C)ccc2C)cc1. The van der Waals surface area contributed by atoms with Crippen molar-refractivity contribution in [3.63, 3.8) is 0 Å². The van der Waals surface area contributed by atoms with Gasteiger partial charge in [0.1, 0.15) is 0 Å². The van der Waals surface area contributed by atoms with Gasteiger partial charge >= 0.3 is 0 Å². The fourth-order valence-electron chi connectivity index (χ4n) is 2.53. The van der Waals surface area contributed by atoms with Gasteiger partial charge in [0.25, 0.3) is 0 Å². The third-order valence-electron chi connectivity index (χ3n) is 3.92. The van der Waals surface area contributed by atoms with E-state index in [1.165, 1.54) is 33.5 Å². The Morgan fingerprint density at radius 1 is 0.955 bits per heavy atom. The van der Waals surface area contributed by atoms with Crippen molar-refractivity contribution in [3.8, 4) is 11.3 Å². The lowest BCUT2D eigenvalue weighted by Gasteiger charge is -2.11. The van der Waals surface area contributed by atoms with Crippen LogP contribution in [0.2, 0.25) is 0 Å². The van der Waals surface area contributed by atoms with Crippen LogP contribution in [0.5, 0.6) is 0 Å². The normalized spacial score (nSPS) is 10.7. The quantitative estimate of drug-likeness (QED) is 0.736. The summed E-state index contributed by atoms with van der Waals surface area (Å²) in [4.78, 5) is 0. The Kier molecular flexibility index (Phi) is 3.96. The minimum absolute atomic E-state index is 0.754. The molecule has 0 aliphatic heterocycles. The maximum absolute atomic E-state index is 4.21. The number of nitrogens with one attached hydrogen (secondary N) is 2. The van der Waals surface area contributed by atoms with E-state index in [2.05, 4.69) is 78.7 Å². The van der Waals surface area contributed by atoms with E-state index in [0.29, 0.717) is 0 Å². The molecule has 0 saturated carbocycles. The summed E-state index contributed by atoms with van der Waals surface area (Å²) in [5, 5.41) is 10.8. The topological polar surface area (TPSA) is 40.7 Å². The molecule has 112 valence electrons. The second-order valence-corrected chi connectivity index (χ2v) is 5.81. The summed E-state index contributed by atoms with van der Waals surface area (Å²) in [6.45, 7) is 7.09. The van der Waals surface area contributed by atoms with Crippen LogP contribution in [0.25, 0.3) is 11.3 Å². The Labute approximate surface area is 131 Å². The van der Waals surface area contributed by atoms with E-state index in [0.717, 1.165) is 12.2 Å². The van der Waals surface area contributed by atoms with Crippen molar-refractivity contribution < 1.29 is 0 Å². The molecule has 22 heavy (non-hydrogen) atoms. The first-order chi connectivity index (χ1) is 10.6. The van der Waals surface area contributed by atoms with E-state index in [1.807, 2.05) is 6.20 Å². The third-order valence-corrected chi connectivity index (χ3v) is 3.92. The number of hydrogen-bond acceptors (Lipinski definition) is 2. The van der Waals surface area contributed by atoms with Gasteiger partial charge in [0.2, 0.25) is 0 Å². The fourth-order valence-corrected chi connectivity index (χ4v) is 2.53. The Bertz CT molecular complexity index is 770. The molecule has 1 aromatic heterocycles. The second kappa shape index (κ2) is 6.06. The molecule has 0 aliphatic rings. The Morgan fingerprint density at radius 3 is 2.45 bits per heavy atom. The Balaban J connectivity index is 1.81. The molecule has 1 heterocycles. The van der Waals surface area contributed by atoms with Crippen molar-refractivity contribution in [2.75, 3.05) is 5.32 Å². The molecule has 2 N–H and O–H groups in total. The predicted octanol–water partition coefficient (Wildman–Crippen LogP) is 4.61. The average molecular weight is 291 g/mol. The monoisotopic (exact) mass is 291 g/mol. The lowest BCUT2D eigenvalue weighted by Crippen LogP contribution is -2.01. The Morgan fingerprint density at radius 2 is 1.68 bits per heavy atom.